The SMILES string of the molecule is Cc1ccc(CCNc2cc(Cl)ccc2N)cc1. The van der Waals surface area contributed by atoms with Crippen LogP contribution in [0.15, 0.2) is 42.5 Å². The molecule has 0 bridgehead atoms. The average Bonchev–Trinajstić information content (AvgIpc) is 2.36. The molecular weight excluding hydrogens is 244 g/mol. The zero-order chi connectivity index (χ0) is 13.0. The molecular formula is C15H17ClN2. The van der Waals surface area contributed by atoms with Crippen LogP contribution in [0.2, 0.25) is 5.02 Å². The summed E-state index contributed by atoms with van der Waals surface area (Å²) in [6, 6.07) is 14.0. The molecule has 0 heterocycles. The number of anilines is 2. The second kappa shape index (κ2) is 5.78. The summed E-state index contributed by atoms with van der Waals surface area (Å²) in [5.41, 5.74) is 10.1. The Balaban J connectivity index is 1.92. The van der Waals surface area contributed by atoms with E-state index in [1.807, 2.05) is 12.1 Å². The number of hydrogen-bond donors (Lipinski definition) is 2. The third kappa shape index (κ3) is 3.41. The molecule has 3 N–H and O–H groups in total. The predicted octanol–water partition coefficient (Wildman–Crippen LogP) is 3.89. The van der Waals surface area contributed by atoms with Gasteiger partial charge in [-0.3, -0.25) is 0 Å². The number of benzene rings is 2. The Hall–Kier alpha value is -1.67. The summed E-state index contributed by atoms with van der Waals surface area (Å²) >= 11 is 5.93. The molecule has 0 aliphatic carbocycles. The number of nitrogens with two attached hydrogens (primary N) is 1. The summed E-state index contributed by atoms with van der Waals surface area (Å²) in [5, 5.41) is 4.00. The van der Waals surface area contributed by atoms with Crippen LogP contribution in [0, 0.1) is 6.92 Å². The molecule has 0 unspecified atom stereocenters. The van der Waals surface area contributed by atoms with Gasteiger partial charge in [0, 0.05) is 11.6 Å². The highest BCUT2D eigenvalue weighted by Crippen LogP contribution is 2.22. The highest BCUT2D eigenvalue weighted by molar-refractivity contribution is 6.31. The molecule has 0 fully saturated rings. The van der Waals surface area contributed by atoms with Crippen molar-refractivity contribution in [3.05, 3.63) is 58.6 Å². The lowest BCUT2D eigenvalue weighted by Crippen LogP contribution is -2.06. The summed E-state index contributed by atoms with van der Waals surface area (Å²) < 4.78 is 0. The van der Waals surface area contributed by atoms with E-state index in [4.69, 9.17) is 17.3 Å². The Labute approximate surface area is 113 Å². The van der Waals surface area contributed by atoms with Gasteiger partial charge in [-0.2, -0.15) is 0 Å². The van der Waals surface area contributed by atoms with Gasteiger partial charge in [0.15, 0.2) is 0 Å². The number of rotatable bonds is 4. The van der Waals surface area contributed by atoms with Crippen LogP contribution in [0.4, 0.5) is 11.4 Å². The molecule has 0 aromatic heterocycles. The van der Waals surface area contributed by atoms with E-state index in [1.165, 1.54) is 11.1 Å². The molecule has 0 spiro atoms. The largest absolute Gasteiger partial charge is 0.397 e. The van der Waals surface area contributed by atoms with E-state index >= 15 is 0 Å². The quantitative estimate of drug-likeness (QED) is 0.819. The van der Waals surface area contributed by atoms with E-state index in [2.05, 4.69) is 36.5 Å². The monoisotopic (exact) mass is 260 g/mol. The van der Waals surface area contributed by atoms with E-state index in [-0.39, 0.29) is 0 Å². The lowest BCUT2D eigenvalue weighted by Gasteiger charge is -2.09. The maximum Gasteiger partial charge on any atom is 0.0588 e. The highest BCUT2D eigenvalue weighted by Gasteiger charge is 1.99. The second-order valence-electron chi connectivity index (χ2n) is 4.39. The van der Waals surface area contributed by atoms with Crippen LogP contribution in [0.3, 0.4) is 0 Å². The van der Waals surface area contributed by atoms with E-state index in [0.29, 0.717) is 5.02 Å². The third-order valence-electron chi connectivity index (χ3n) is 2.87. The molecule has 0 radical (unpaired) electrons. The lowest BCUT2D eigenvalue weighted by atomic mass is 10.1. The number of nitrogens with one attached hydrogen (secondary N) is 1. The molecule has 2 rings (SSSR count). The first-order chi connectivity index (χ1) is 8.65. The normalized spacial score (nSPS) is 10.3. The van der Waals surface area contributed by atoms with Crippen molar-refractivity contribution < 1.29 is 0 Å². The Morgan fingerprint density at radius 2 is 1.83 bits per heavy atom. The van der Waals surface area contributed by atoms with Crippen LogP contribution < -0.4 is 11.1 Å². The average molecular weight is 261 g/mol. The fourth-order valence-corrected chi connectivity index (χ4v) is 1.95. The van der Waals surface area contributed by atoms with Crippen LogP contribution >= 0.6 is 11.6 Å². The molecule has 0 amide bonds. The lowest BCUT2D eigenvalue weighted by molar-refractivity contribution is 1.02. The number of hydrogen-bond acceptors (Lipinski definition) is 2. The minimum Gasteiger partial charge on any atom is -0.397 e. The van der Waals surface area contributed by atoms with Crippen molar-refractivity contribution >= 4 is 23.0 Å². The van der Waals surface area contributed by atoms with Crippen molar-refractivity contribution in [2.45, 2.75) is 13.3 Å². The van der Waals surface area contributed by atoms with Crippen LogP contribution in [-0.4, -0.2) is 6.54 Å². The Morgan fingerprint density at radius 1 is 1.11 bits per heavy atom. The maximum absolute atomic E-state index is 5.93. The molecule has 0 aliphatic rings. The minimum atomic E-state index is 0.696. The van der Waals surface area contributed by atoms with Gasteiger partial charge in [-0.15, -0.1) is 0 Å². The number of halogens is 1. The zero-order valence-electron chi connectivity index (χ0n) is 10.4. The van der Waals surface area contributed by atoms with Gasteiger partial charge in [-0.1, -0.05) is 41.4 Å². The molecule has 18 heavy (non-hydrogen) atoms. The Bertz CT molecular complexity index is 521. The van der Waals surface area contributed by atoms with Crippen molar-refractivity contribution in [1.82, 2.24) is 0 Å². The van der Waals surface area contributed by atoms with Crippen LogP contribution in [0.1, 0.15) is 11.1 Å². The summed E-state index contributed by atoms with van der Waals surface area (Å²) in [6.45, 7) is 2.93. The van der Waals surface area contributed by atoms with Crippen molar-refractivity contribution in [2.75, 3.05) is 17.6 Å². The maximum atomic E-state index is 5.93. The summed E-state index contributed by atoms with van der Waals surface area (Å²) in [7, 11) is 0. The molecule has 2 aromatic carbocycles. The summed E-state index contributed by atoms with van der Waals surface area (Å²) in [5.74, 6) is 0. The van der Waals surface area contributed by atoms with Gasteiger partial charge in [0.25, 0.3) is 0 Å². The van der Waals surface area contributed by atoms with Crippen molar-refractivity contribution in [2.24, 2.45) is 0 Å². The first-order valence-electron chi connectivity index (χ1n) is 5.99. The predicted molar refractivity (Wildman–Crippen MR) is 79.2 cm³/mol. The van der Waals surface area contributed by atoms with Gasteiger partial charge in [0.05, 0.1) is 11.4 Å². The van der Waals surface area contributed by atoms with E-state index in [1.54, 1.807) is 6.07 Å². The highest BCUT2D eigenvalue weighted by atomic mass is 35.5. The van der Waals surface area contributed by atoms with Crippen LogP contribution in [0.5, 0.6) is 0 Å². The third-order valence-corrected chi connectivity index (χ3v) is 3.10. The molecule has 2 nitrogen and oxygen atoms in total. The van der Waals surface area contributed by atoms with Crippen LogP contribution in [-0.2, 0) is 6.42 Å². The molecule has 2 aromatic rings. The van der Waals surface area contributed by atoms with Crippen molar-refractivity contribution in [3.63, 3.8) is 0 Å². The standard InChI is InChI=1S/C15H17ClN2/c1-11-2-4-12(5-3-11)8-9-18-15-10-13(16)6-7-14(15)17/h2-7,10,18H,8-9,17H2,1H3. The smallest absolute Gasteiger partial charge is 0.0588 e. The van der Waals surface area contributed by atoms with E-state index in [0.717, 1.165) is 24.3 Å². The minimum absolute atomic E-state index is 0.696. The molecule has 3 heteroatoms. The van der Waals surface area contributed by atoms with Gasteiger partial charge in [0.2, 0.25) is 0 Å². The molecule has 0 atom stereocenters. The van der Waals surface area contributed by atoms with Crippen molar-refractivity contribution in [1.29, 1.82) is 0 Å². The summed E-state index contributed by atoms with van der Waals surface area (Å²) in [6.07, 6.45) is 0.965. The first kappa shape index (κ1) is 12.8. The van der Waals surface area contributed by atoms with Gasteiger partial charge in [-0.05, 0) is 37.1 Å². The Morgan fingerprint density at radius 3 is 2.56 bits per heavy atom. The molecule has 0 saturated carbocycles. The van der Waals surface area contributed by atoms with E-state index < -0.39 is 0 Å². The van der Waals surface area contributed by atoms with Gasteiger partial charge < -0.3 is 11.1 Å². The van der Waals surface area contributed by atoms with Crippen LogP contribution in [0.25, 0.3) is 0 Å². The fourth-order valence-electron chi connectivity index (χ4n) is 1.78. The number of nitrogen functional groups attached to an aromatic ring is 1. The Kier molecular flexibility index (Phi) is 4.11. The zero-order valence-corrected chi connectivity index (χ0v) is 11.2. The van der Waals surface area contributed by atoms with Crippen molar-refractivity contribution in [3.8, 4) is 0 Å². The first-order valence-corrected chi connectivity index (χ1v) is 6.37. The molecule has 0 aliphatic heterocycles. The van der Waals surface area contributed by atoms with Gasteiger partial charge in [-0.25, -0.2) is 0 Å². The summed E-state index contributed by atoms with van der Waals surface area (Å²) in [4.78, 5) is 0. The second-order valence-corrected chi connectivity index (χ2v) is 4.83. The molecule has 94 valence electrons. The van der Waals surface area contributed by atoms with E-state index in [9.17, 15) is 0 Å². The van der Waals surface area contributed by atoms with Gasteiger partial charge in [0.1, 0.15) is 0 Å². The molecule has 0 saturated heterocycles. The number of aryl methyl sites for hydroxylation is 1. The topological polar surface area (TPSA) is 38.0 Å². The fraction of sp³-hybridized carbons (Fsp3) is 0.200. The van der Waals surface area contributed by atoms with Gasteiger partial charge >= 0.3 is 0 Å².